The van der Waals surface area contributed by atoms with Crippen LogP contribution in [0.2, 0.25) is 0 Å². The van der Waals surface area contributed by atoms with Crippen LogP contribution in [0.4, 0.5) is 0 Å². The maximum Gasteiger partial charge on any atom is 0.469 e. The molecule has 0 aromatic heterocycles. The minimum Gasteiger partial charge on any atom is -0.388 e. The average molecular weight is 273 g/mol. The summed E-state index contributed by atoms with van der Waals surface area (Å²) in [7, 11) is -3.23. The number of hydrogen-bond donors (Lipinski definition) is 6. The number of ether oxygens (including phenoxy) is 1. The van der Waals surface area contributed by atoms with Crippen LogP contribution in [0.15, 0.2) is 0 Å². The van der Waals surface area contributed by atoms with E-state index in [-0.39, 0.29) is 0 Å². The van der Waals surface area contributed by atoms with Gasteiger partial charge in [-0.1, -0.05) is 0 Å². The van der Waals surface area contributed by atoms with E-state index in [1.54, 1.807) is 0 Å². The standard InChI is InChI=1S/C7H16NO8P/c1-8-4-6(10)5(9)3(16-7(4)11)2-15-17(12,13)14/h3-11H,2H2,1H3,(H2,12,13,14)/t3-,4?,5-,6-,7?/m1/s1. The highest BCUT2D eigenvalue weighted by Gasteiger charge is 2.43. The van der Waals surface area contributed by atoms with E-state index in [0.29, 0.717) is 0 Å². The first-order valence-corrected chi connectivity index (χ1v) is 6.36. The fourth-order valence-corrected chi connectivity index (χ4v) is 1.91. The lowest BCUT2D eigenvalue weighted by Crippen LogP contribution is -2.62. The predicted octanol–water partition coefficient (Wildman–Crippen LogP) is -2.88. The van der Waals surface area contributed by atoms with Crippen molar-refractivity contribution < 1.29 is 38.9 Å². The van der Waals surface area contributed by atoms with Gasteiger partial charge in [-0.05, 0) is 7.05 Å². The van der Waals surface area contributed by atoms with Crippen molar-refractivity contribution in [1.29, 1.82) is 0 Å². The van der Waals surface area contributed by atoms with Crippen LogP contribution >= 0.6 is 7.82 Å². The molecule has 1 aliphatic rings. The van der Waals surface area contributed by atoms with Crippen LogP contribution in [0.5, 0.6) is 0 Å². The minimum atomic E-state index is -4.69. The summed E-state index contributed by atoms with van der Waals surface area (Å²) in [5.41, 5.74) is 0. The van der Waals surface area contributed by atoms with Gasteiger partial charge in [-0.25, -0.2) is 4.57 Å². The number of nitrogens with one attached hydrogen (secondary N) is 1. The molecule has 5 atom stereocenters. The molecular weight excluding hydrogens is 257 g/mol. The van der Waals surface area contributed by atoms with Gasteiger partial charge < -0.3 is 35.2 Å². The third kappa shape index (κ3) is 3.95. The van der Waals surface area contributed by atoms with Crippen molar-refractivity contribution in [3.8, 4) is 0 Å². The van der Waals surface area contributed by atoms with E-state index in [9.17, 15) is 19.9 Å². The van der Waals surface area contributed by atoms with Crippen molar-refractivity contribution in [2.24, 2.45) is 0 Å². The van der Waals surface area contributed by atoms with Crippen molar-refractivity contribution in [1.82, 2.24) is 5.32 Å². The zero-order valence-corrected chi connectivity index (χ0v) is 9.90. The maximum absolute atomic E-state index is 10.5. The molecule has 0 saturated carbocycles. The van der Waals surface area contributed by atoms with Crippen LogP contribution < -0.4 is 5.32 Å². The van der Waals surface area contributed by atoms with Gasteiger partial charge in [0.25, 0.3) is 0 Å². The molecule has 2 unspecified atom stereocenters. The molecule has 0 radical (unpaired) electrons. The molecular formula is C7H16NO8P. The SMILES string of the molecule is CNC1C(O)O[C@H](COP(=O)(O)O)[C@@H](O)[C@@H]1O. The highest BCUT2D eigenvalue weighted by molar-refractivity contribution is 7.46. The van der Waals surface area contributed by atoms with Crippen molar-refractivity contribution >= 4 is 7.82 Å². The molecule has 1 rings (SSSR count). The summed E-state index contributed by atoms with van der Waals surface area (Å²) in [6.45, 7) is -0.643. The molecule has 0 bridgehead atoms. The summed E-state index contributed by atoms with van der Waals surface area (Å²) < 4.78 is 19.5. The van der Waals surface area contributed by atoms with Crippen molar-refractivity contribution in [2.45, 2.75) is 30.6 Å². The van der Waals surface area contributed by atoms with E-state index in [1.165, 1.54) is 7.05 Å². The first kappa shape index (κ1) is 15.0. The number of likely N-dealkylation sites (N-methyl/N-ethyl adjacent to an activating group) is 1. The lowest BCUT2D eigenvalue weighted by molar-refractivity contribution is -0.252. The normalized spacial score (nSPS) is 39.3. The Labute approximate surface area is 97.2 Å². The predicted molar refractivity (Wildman–Crippen MR) is 53.7 cm³/mol. The van der Waals surface area contributed by atoms with Gasteiger partial charge in [0.05, 0.1) is 12.6 Å². The molecule has 1 saturated heterocycles. The first-order valence-electron chi connectivity index (χ1n) is 4.83. The Hall–Kier alpha value is -0.0900. The Bertz CT molecular complexity index is 296. The largest absolute Gasteiger partial charge is 0.469 e. The van der Waals surface area contributed by atoms with Gasteiger partial charge in [0.1, 0.15) is 18.3 Å². The number of phosphoric acid groups is 1. The number of aliphatic hydroxyl groups excluding tert-OH is 3. The summed E-state index contributed by atoms with van der Waals surface area (Å²) in [5.74, 6) is 0. The quantitative estimate of drug-likeness (QED) is 0.297. The molecule has 0 aromatic carbocycles. The Balaban J connectivity index is 2.61. The molecule has 10 heteroatoms. The Morgan fingerprint density at radius 3 is 2.35 bits per heavy atom. The molecule has 102 valence electrons. The Morgan fingerprint density at radius 2 is 1.88 bits per heavy atom. The second kappa shape index (κ2) is 5.70. The topological polar surface area (TPSA) is 149 Å². The summed E-state index contributed by atoms with van der Waals surface area (Å²) in [6.07, 6.45) is -5.41. The molecule has 9 nitrogen and oxygen atoms in total. The number of rotatable bonds is 4. The molecule has 0 aliphatic carbocycles. The molecule has 17 heavy (non-hydrogen) atoms. The summed E-state index contributed by atoms with van der Waals surface area (Å²) in [4.78, 5) is 17.0. The number of phosphoric ester groups is 1. The van der Waals surface area contributed by atoms with E-state index in [4.69, 9.17) is 14.5 Å². The maximum atomic E-state index is 10.5. The number of hydrogen-bond acceptors (Lipinski definition) is 7. The van der Waals surface area contributed by atoms with E-state index in [2.05, 4.69) is 9.84 Å². The lowest BCUT2D eigenvalue weighted by Gasteiger charge is -2.40. The summed E-state index contributed by atoms with van der Waals surface area (Å²) in [5, 5.41) is 31.2. The molecule has 1 aliphatic heterocycles. The van der Waals surface area contributed by atoms with Crippen molar-refractivity contribution in [3.63, 3.8) is 0 Å². The molecule has 0 amide bonds. The van der Waals surface area contributed by atoms with Gasteiger partial charge in [0.15, 0.2) is 6.29 Å². The molecule has 0 spiro atoms. The van der Waals surface area contributed by atoms with Crippen LogP contribution in [0, 0.1) is 0 Å². The van der Waals surface area contributed by atoms with Gasteiger partial charge in [0.2, 0.25) is 0 Å². The highest BCUT2D eigenvalue weighted by atomic mass is 31.2. The van der Waals surface area contributed by atoms with Crippen LogP contribution in [0.3, 0.4) is 0 Å². The van der Waals surface area contributed by atoms with Crippen LogP contribution in [0.25, 0.3) is 0 Å². The zero-order valence-electron chi connectivity index (χ0n) is 9.00. The fourth-order valence-electron chi connectivity index (χ4n) is 1.57. The monoisotopic (exact) mass is 273 g/mol. The van der Waals surface area contributed by atoms with E-state index in [1.807, 2.05) is 0 Å². The van der Waals surface area contributed by atoms with Crippen LogP contribution in [0.1, 0.15) is 0 Å². The van der Waals surface area contributed by atoms with Gasteiger partial charge in [-0.2, -0.15) is 0 Å². The van der Waals surface area contributed by atoms with Crippen LogP contribution in [-0.2, 0) is 13.8 Å². The van der Waals surface area contributed by atoms with Gasteiger partial charge in [-0.15, -0.1) is 0 Å². The molecule has 0 aromatic rings. The zero-order chi connectivity index (χ0) is 13.2. The van der Waals surface area contributed by atoms with Gasteiger partial charge >= 0.3 is 7.82 Å². The Kier molecular flexibility index (Phi) is 5.02. The number of aliphatic hydroxyl groups is 3. The smallest absolute Gasteiger partial charge is 0.388 e. The van der Waals surface area contributed by atoms with Gasteiger partial charge in [0, 0.05) is 0 Å². The van der Waals surface area contributed by atoms with E-state index < -0.39 is 45.1 Å². The lowest BCUT2D eigenvalue weighted by atomic mass is 9.97. The summed E-state index contributed by atoms with van der Waals surface area (Å²) in [6, 6.07) is -0.892. The molecule has 1 heterocycles. The third-order valence-corrected chi connectivity index (χ3v) is 2.95. The second-order valence-electron chi connectivity index (χ2n) is 3.65. The Morgan fingerprint density at radius 1 is 1.29 bits per heavy atom. The van der Waals surface area contributed by atoms with Crippen LogP contribution in [-0.4, -0.2) is 69.4 Å². The van der Waals surface area contributed by atoms with Gasteiger partial charge in [-0.3, -0.25) is 4.52 Å². The van der Waals surface area contributed by atoms with Crippen molar-refractivity contribution in [2.75, 3.05) is 13.7 Å². The fraction of sp³-hybridized carbons (Fsp3) is 1.00. The molecule has 6 N–H and O–H groups in total. The highest BCUT2D eigenvalue weighted by Crippen LogP contribution is 2.36. The third-order valence-electron chi connectivity index (χ3n) is 2.46. The molecule has 1 fully saturated rings. The summed E-state index contributed by atoms with van der Waals surface area (Å²) >= 11 is 0. The first-order chi connectivity index (χ1) is 7.76. The van der Waals surface area contributed by atoms with E-state index in [0.717, 1.165) is 0 Å². The van der Waals surface area contributed by atoms with E-state index >= 15 is 0 Å². The second-order valence-corrected chi connectivity index (χ2v) is 4.89. The van der Waals surface area contributed by atoms with Crippen molar-refractivity contribution in [3.05, 3.63) is 0 Å². The minimum absolute atomic E-state index is 0.643. The average Bonchev–Trinajstić information content (AvgIpc) is 2.21.